The Balaban J connectivity index is 1.49. The minimum atomic E-state index is -3.45. The van der Waals surface area contributed by atoms with Crippen LogP contribution in [0.25, 0.3) is 0 Å². The Hall–Kier alpha value is -2.21. The summed E-state index contributed by atoms with van der Waals surface area (Å²) in [7, 11) is -3.45. The van der Waals surface area contributed by atoms with E-state index in [9.17, 15) is 18.6 Å². The Labute approximate surface area is 216 Å². The maximum atomic E-state index is 12.9. The van der Waals surface area contributed by atoms with Crippen LogP contribution in [-0.4, -0.2) is 30.8 Å². The Kier molecular flexibility index (Phi) is 7.94. The summed E-state index contributed by atoms with van der Waals surface area (Å²) in [4.78, 5) is 0.754. The van der Waals surface area contributed by atoms with Crippen LogP contribution in [0.4, 0.5) is 0 Å². The van der Waals surface area contributed by atoms with Crippen LogP contribution >= 0.6 is 0 Å². The van der Waals surface area contributed by atoms with Gasteiger partial charge in [-0.2, -0.15) is 0 Å². The average Bonchev–Trinajstić information content (AvgIpc) is 3.21. The maximum Gasteiger partial charge on any atom is 0.202 e. The molecule has 5 atom stereocenters. The van der Waals surface area contributed by atoms with Gasteiger partial charge in [0, 0.05) is 11.3 Å². The van der Waals surface area contributed by atoms with E-state index in [1.54, 1.807) is 31.2 Å². The fraction of sp³-hybridized carbons (Fsp3) is 0.484. The molecule has 0 amide bonds. The molecule has 0 saturated heterocycles. The average molecular weight is 509 g/mol. The van der Waals surface area contributed by atoms with Gasteiger partial charge in [-0.05, 0) is 86.0 Å². The summed E-state index contributed by atoms with van der Waals surface area (Å²) in [6.07, 6.45) is 13.3. The van der Waals surface area contributed by atoms with E-state index >= 15 is 0 Å². The van der Waals surface area contributed by atoms with Crippen LogP contribution in [0, 0.1) is 17.3 Å². The Morgan fingerprint density at radius 3 is 2.67 bits per heavy atom. The molecule has 4 nitrogen and oxygen atoms in total. The van der Waals surface area contributed by atoms with E-state index in [-0.39, 0.29) is 11.3 Å². The second-order valence-electron chi connectivity index (χ2n) is 11.1. The minimum absolute atomic E-state index is 0.0741. The van der Waals surface area contributed by atoms with Crippen molar-refractivity contribution in [2.45, 2.75) is 82.8 Å². The van der Waals surface area contributed by atoms with Crippen LogP contribution in [0.3, 0.4) is 0 Å². The van der Waals surface area contributed by atoms with E-state index in [0.29, 0.717) is 35.0 Å². The zero-order chi connectivity index (χ0) is 26.1. The van der Waals surface area contributed by atoms with Crippen molar-refractivity contribution in [2.75, 3.05) is 0 Å². The molecule has 0 radical (unpaired) electrons. The first-order chi connectivity index (χ1) is 17.0. The van der Waals surface area contributed by atoms with E-state index in [1.807, 2.05) is 12.1 Å². The molecule has 0 aliphatic heterocycles. The van der Waals surface area contributed by atoms with Crippen molar-refractivity contribution in [1.29, 1.82) is 0 Å². The summed E-state index contributed by atoms with van der Waals surface area (Å²) in [5.74, 6) is 0.701. The molecule has 0 bridgehead atoms. The molecular weight excluding hydrogens is 468 g/mol. The molecule has 2 fully saturated rings. The van der Waals surface area contributed by atoms with Crippen LogP contribution in [-0.2, 0) is 9.84 Å². The van der Waals surface area contributed by atoms with Crippen molar-refractivity contribution in [2.24, 2.45) is 17.3 Å². The number of fused-ring (bicyclic) bond motifs is 1. The first kappa shape index (κ1) is 26.8. The third kappa shape index (κ3) is 5.25. The predicted octanol–water partition coefficient (Wildman–Crippen LogP) is 6.45. The fourth-order valence-electron chi connectivity index (χ4n) is 6.45. The number of hydrogen-bond acceptors (Lipinski definition) is 4. The van der Waals surface area contributed by atoms with Gasteiger partial charge in [0.25, 0.3) is 0 Å². The Morgan fingerprint density at radius 2 is 1.94 bits per heavy atom. The molecule has 0 unspecified atom stereocenters. The molecule has 194 valence electrons. The van der Waals surface area contributed by atoms with Crippen LogP contribution < -0.4 is 0 Å². The predicted molar refractivity (Wildman–Crippen MR) is 146 cm³/mol. The van der Waals surface area contributed by atoms with E-state index in [0.717, 1.165) is 36.8 Å². The van der Waals surface area contributed by atoms with Gasteiger partial charge < -0.3 is 10.2 Å². The van der Waals surface area contributed by atoms with E-state index in [4.69, 9.17) is 0 Å². The monoisotopic (exact) mass is 508 g/mol. The number of sulfone groups is 1. The molecule has 1 aromatic rings. The molecule has 1 aromatic carbocycles. The van der Waals surface area contributed by atoms with Crippen LogP contribution in [0.1, 0.15) is 65.7 Å². The molecule has 36 heavy (non-hydrogen) atoms. The second kappa shape index (κ2) is 10.6. The molecule has 3 aliphatic rings. The van der Waals surface area contributed by atoms with Crippen LogP contribution in [0.2, 0.25) is 0 Å². The number of rotatable bonds is 6. The van der Waals surface area contributed by atoms with E-state index < -0.39 is 22.0 Å². The summed E-state index contributed by atoms with van der Waals surface area (Å²) < 4.78 is 25.9. The highest BCUT2D eigenvalue weighted by molar-refractivity contribution is 7.95. The first-order valence-electron chi connectivity index (χ1n) is 13.2. The maximum absolute atomic E-state index is 12.9. The largest absolute Gasteiger partial charge is 0.393 e. The number of allylic oxidation sites excluding steroid dienone is 7. The number of aliphatic hydroxyl groups is 2. The van der Waals surface area contributed by atoms with Crippen molar-refractivity contribution in [1.82, 2.24) is 0 Å². The third-order valence-corrected chi connectivity index (χ3v) is 10.5. The molecule has 5 heteroatoms. The van der Waals surface area contributed by atoms with Gasteiger partial charge in [0.15, 0.2) is 0 Å². The molecular formula is C31H40O4S. The van der Waals surface area contributed by atoms with Crippen molar-refractivity contribution < 1.29 is 18.6 Å². The summed E-state index contributed by atoms with van der Waals surface area (Å²) in [5.41, 5.74) is 4.61. The summed E-state index contributed by atoms with van der Waals surface area (Å²) in [6, 6.07) is 8.63. The summed E-state index contributed by atoms with van der Waals surface area (Å²) >= 11 is 0. The lowest BCUT2D eigenvalue weighted by Gasteiger charge is -2.42. The van der Waals surface area contributed by atoms with Gasteiger partial charge in [-0.3, -0.25) is 0 Å². The van der Waals surface area contributed by atoms with E-state index in [2.05, 4.69) is 38.7 Å². The van der Waals surface area contributed by atoms with Gasteiger partial charge in [-0.25, -0.2) is 8.42 Å². The lowest BCUT2D eigenvalue weighted by Crippen LogP contribution is -2.32. The fourth-order valence-corrected chi connectivity index (χ4v) is 7.65. The zero-order valence-electron chi connectivity index (χ0n) is 21.8. The van der Waals surface area contributed by atoms with Gasteiger partial charge in [0.1, 0.15) is 0 Å². The van der Waals surface area contributed by atoms with Crippen LogP contribution in [0.5, 0.6) is 0 Å². The van der Waals surface area contributed by atoms with Crippen molar-refractivity contribution in [3.05, 3.63) is 88.4 Å². The second-order valence-corrected chi connectivity index (χ2v) is 13.2. The van der Waals surface area contributed by atoms with E-state index in [1.165, 1.54) is 11.1 Å². The molecule has 0 aromatic heterocycles. The molecule has 2 saturated carbocycles. The normalized spacial score (nSPS) is 32.5. The number of hydrogen-bond donors (Lipinski definition) is 2. The lowest BCUT2D eigenvalue weighted by atomic mass is 9.62. The highest BCUT2D eigenvalue weighted by Gasteiger charge is 2.45. The molecule has 4 rings (SSSR count). The van der Waals surface area contributed by atoms with Crippen molar-refractivity contribution in [3.8, 4) is 0 Å². The zero-order valence-corrected chi connectivity index (χ0v) is 22.6. The van der Waals surface area contributed by atoms with Gasteiger partial charge in [-0.15, -0.1) is 0 Å². The van der Waals surface area contributed by atoms with Gasteiger partial charge in [0.05, 0.1) is 17.1 Å². The Bertz CT molecular complexity index is 1220. The quantitative estimate of drug-likeness (QED) is 0.433. The van der Waals surface area contributed by atoms with Gasteiger partial charge >= 0.3 is 0 Å². The van der Waals surface area contributed by atoms with Gasteiger partial charge in [-0.1, -0.05) is 74.1 Å². The third-order valence-electron chi connectivity index (χ3n) is 8.64. The molecule has 3 aliphatic carbocycles. The Morgan fingerprint density at radius 1 is 1.22 bits per heavy atom. The smallest absolute Gasteiger partial charge is 0.202 e. The van der Waals surface area contributed by atoms with Crippen molar-refractivity contribution in [3.63, 3.8) is 0 Å². The first-order valence-corrected chi connectivity index (χ1v) is 14.6. The minimum Gasteiger partial charge on any atom is -0.393 e. The highest BCUT2D eigenvalue weighted by Crippen LogP contribution is 2.57. The topological polar surface area (TPSA) is 74.6 Å². The molecule has 0 spiro atoms. The number of aliphatic hydroxyl groups excluding tert-OH is 2. The van der Waals surface area contributed by atoms with Crippen molar-refractivity contribution >= 4 is 9.84 Å². The molecule has 2 N–H and O–H groups in total. The van der Waals surface area contributed by atoms with Gasteiger partial charge in [0.2, 0.25) is 9.84 Å². The highest BCUT2D eigenvalue weighted by atomic mass is 32.2. The summed E-state index contributed by atoms with van der Waals surface area (Å²) in [5, 5.41) is 20.3. The number of benzene rings is 1. The van der Waals surface area contributed by atoms with Crippen LogP contribution in [0.15, 0.2) is 93.3 Å². The lowest BCUT2D eigenvalue weighted by molar-refractivity contribution is 0.0862. The molecule has 0 heterocycles. The standard InChI is InChI=1S/C31H40O4S/c1-21(12-13-22(2)36(34,35)27-10-6-5-7-11-27)28-16-17-29-24(9-8-18-31(28,29)4)14-15-25-19-26(32)20-30(33)23(25)3/h5-7,10-11,13-16,21,26,29-30,32-33H,3,8-9,12,17-20H2,1-2,4H3/b22-13-,24-14+,25-15-/t21-,26+,29+,30-,31-/m1/s1. The SMILES string of the molecule is C=C1/C(=C\C=C2/CCC[C@]3(C)C([C@H](C)C/C=C(/C)S(=O)(=O)c4ccccc4)=CC[C@@H]23)C[C@H](O)C[C@H]1O. The summed E-state index contributed by atoms with van der Waals surface area (Å²) in [6.45, 7) is 10.3.